The summed E-state index contributed by atoms with van der Waals surface area (Å²) in [6.45, 7) is 7.93. The van der Waals surface area contributed by atoms with E-state index in [4.69, 9.17) is 0 Å². The molecule has 19 heavy (non-hydrogen) atoms. The van der Waals surface area contributed by atoms with E-state index < -0.39 is 0 Å². The molecule has 1 aromatic rings. The Balaban J connectivity index is 2.43. The molecule has 0 aliphatic carbocycles. The molecule has 5 heteroatoms. The summed E-state index contributed by atoms with van der Waals surface area (Å²) >= 11 is 0. The van der Waals surface area contributed by atoms with Gasteiger partial charge in [0.2, 0.25) is 5.91 Å². The molecule has 0 fully saturated rings. The largest absolute Gasteiger partial charge is 0.344 e. The van der Waals surface area contributed by atoms with Gasteiger partial charge in [0.05, 0.1) is 17.7 Å². The lowest BCUT2D eigenvalue weighted by molar-refractivity contribution is -0.137. The van der Waals surface area contributed by atoms with Crippen molar-refractivity contribution < 1.29 is 4.79 Å². The molecule has 0 bridgehead atoms. The summed E-state index contributed by atoms with van der Waals surface area (Å²) in [5.74, 6) is 0.167. The Kier molecular flexibility index (Phi) is 3.94. The molecule has 1 amide bonds. The number of rotatable bonds is 3. The summed E-state index contributed by atoms with van der Waals surface area (Å²) in [5, 5.41) is 0. The van der Waals surface area contributed by atoms with Gasteiger partial charge in [0.1, 0.15) is 6.04 Å². The van der Waals surface area contributed by atoms with Crippen LogP contribution < -0.4 is 0 Å². The molecule has 0 spiro atoms. The van der Waals surface area contributed by atoms with Gasteiger partial charge in [-0.3, -0.25) is 9.69 Å². The smallest absolute Gasteiger partial charge is 0.245 e. The van der Waals surface area contributed by atoms with Gasteiger partial charge in [-0.2, -0.15) is 0 Å². The highest BCUT2D eigenvalue weighted by Gasteiger charge is 2.38. The molecule has 106 valence electrons. The van der Waals surface area contributed by atoms with E-state index in [1.54, 1.807) is 4.90 Å². The van der Waals surface area contributed by atoms with Crippen molar-refractivity contribution in [3.05, 3.63) is 17.7 Å². The molecule has 0 radical (unpaired) electrons. The van der Waals surface area contributed by atoms with E-state index in [0.717, 1.165) is 30.9 Å². The van der Waals surface area contributed by atoms with E-state index in [-0.39, 0.29) is 11.9 Å². The molecule has 1 unspecified atom stereocenters. The van der Waals surface area contributed by atoms with Crippen LogP contribution in [0, 0.1) is 0 Å². The number of imidazole rings is 1. The lowest BCUT2D eigenvalue weighted by atomic mass is 9.99. The molecule has 5 nitrogen and oxygen atoms in total. The van der Waals surface area contributed by atoms with Gasteiger partial charge in [-0.1, -0.05) is 0 Å². The van der Waals surface area contributed by atoms with Crippen LogP contribution in [0.2, 0.25) is 0 Å². The lowest BCUT2D eigenvalue weighted by Gasteiger charge is -2.39. The van der Waals surface area contributed by atoms with Gasteiger partial charge in [0.25, 0.3) is 0 Å². The predicted molar refractivity (Wildman–Crippen MR) is 74.8 cm³/mol. The highest BCUT2D eigenvalue weighted by molar-refractivity contribution is 5.83. The molecule has 0 aromatic carbocycles. The summed E-state index contributed by atoms with van der Waals surface area (Å²) in [5.41, 5.74) is 2.13. The second-order valence-corrected chi connectivity index (χ2v) is 5.52. The fourth-order valence-electron chi connectivity index (χ4n) is 2.73. The molecule has 1 aromatic heterocycles. The summed E-state index contributed by atoms with van der Waals surface area (Å²) in [7, 11) is 3.84. The first-order valence-electron chi connectivity index (χ1n) is 6.98. The van der Waals surface area contributed by atoms with Crippen molar-refractivity contribution in [2.45, 2.75) is 39.3 Å². The Morgan fingerprint density at radius 2 is 2.26 bits per heavy atom. The SMILES string of the molecule is CCN(C)C(=O)C1c2c(ncn2C)CCN1C(C)C. The van der Waals surface area contributed by atoms with Crippen molar-refractivity contribution in [3.8, 4) is 0 Å². The standard InChI is InChI=1S/C14H24N4O/c1-6-16(4)14(19)13-12-11(15-9-17(12)5)7-8-18(13)10(2)3/h9-10,13H,6-8H2,1-5H3. The minimum Gasteiger partial charge on any atom is -0.344 e. The fraction of sp³-hybridized carbons (Fsp3) is 0.714. The van der Waals surface area contributed by atoms with Crippen molar-refractivity contribution in [2.75, 3.05) is 20.1 Å². The molecule has 0 N–H and O–H groups in total. The second-order valence-electron chi connectivity index (χ2n) is 5.52. The minimum atomic E-state index is -0.193. The third-order valence-corrected chi connectivity index (χ3v) is 4.01. The summed E-state index contributed by atoms with van der Waals surface area (Å²) in [6.07, 6.45) is 2.74. The van der Waals surface area contributed by atoms with E-state index >= 15 is 0 Å². The number of aryl methyl sites for hydroxylation is 1. The normalized spacial score (nSPS) is 19.6. The lowest BCUT2D eigenvalue weighted by Crippen LogP contribution is -2.48. The highest BCUT2D eigenvalue weighted by Crippen LogP contribution is 2.31. The van der Waals surface area contributed by atoms with Crippen molar-refractivity contribution in [2.24, 2.45) is 7.05 Å². The van der Waals surface area contributed by atoms with E-state index in [1.807, 2.05) is 31.9 Å². The average Bonchev–Trinajstić information content (AvgIpc) is 2.77. The third kappa shape index (κ3) is 2.39. The Morgan fingerprint density at radius 3 is 2.84 bits per heavy atom. The highest BCUT2D eigenvalue weighted by atomic mass is 16.2. The first-order chi connectivity index (χ1) is 8.97. The zero-order valence-corrected chi connectivity index (χ0v) is 12.6. The molecular weight excluding hydrogens is 240 g/mol. The summed E-state index contributed by atoms with van der Waals surface area (Å²) in [6, 6.07) is 0.156. The maximum atomic E-state index is 12.7. The van der Waals surface area contributed by atoms with Crippen LogP contribution in [-0.2, 0) is 18.3 Å². The van der Waals surface area contributed by atoms with Crippen LogP contribution in [0.1, 0.15) is 38.2 Å². The molecule has 2 rings (SSSR count). The van der Waals surface area contributed by atoms with Crippen molar-refractivity contribution >= 4 is 5.91 Å². The number of aromatic nitrogens is 2. The van der Waals surface area contributed by atoms with Gasteiger partial charge in [-0.15, -0.1) is 0 Å². The number of likely N-dealkylation sites (N-methyl/N-ethyl adjacent to an activating group) is 1. The van der Waals surface area contributed by atoms with Crippen LogP contribution in [-0.4, -0.2) is 51.4 Å². The van der Waals surface area contributed by atoms with Crippen LogP contribution in [0.5, 0.6) is 0 Å². The molecule has 1 aliphatic rings. The number of carbonyl (C=O) groups is 1. The van der Waals surface area contributed by atoms with Gasteiger partial charge in [0, 0.05) is 39.6 Å². The summed E-state index contributed by atoms with van der Waals surface area (Å²) < 4.78 is 2.00. The van der Waals surface area contributed by atoms with Gasteiger partial charge >= 0.3 is 0 Å². The molecule has 1 atom stereocenters. The Bertz CT molecular complexity index is 466. The van der Waals surface area contributed by atoms with Crippen LogP contribution in [0.25, 0.3) is 0 Å². The Hall–Kier alpha value is -1.36. The molecule has 2 heterocycles. The quantitative estimate of drug-likeness (QED) is 0.824. The topological polar surface area (TPSA) is 41.4 Å². The van der Waals surface area contributed by atoms with E-state index in [0.29, 0.717) is 6.04 Å². The third-order valence-electron chi connectivity index (χ3n) is 4.01. The predicted octanol–water partition coefficient (Wildman–Crippen LogP) is 1.21. The van der Waals surface area contributed by atoms with E-state index in [1.165, 1.54) is 0 Å². The van der Waals surface area contributed by atoms with Crippen LogP contribution in [0.3, 0.4) is 0 Å². The summed E-state index contributed by atoms with van der Waals surface area (Å²) in [4.78, 5) is 21.2. The number of amides is 1. The monoisotopic (exact) mass is 264 g/mol. The van der Waals surface area contributed by atoms with Crippen molar-refractivity contribution in [3.63, 3.8) is 0 Å². The molecule has 1 aliphatic heterocycles. The zero-order chi connectivity index (χ0) is 14.2. The van der Waals surface area contributed by atoms with Crippen LogP contribution in [0.4, 0.5) is 0 Å². The fourth-order valence-corrected chi connectivity index (χ4v) is 2.73. The minimum absolute atomic E-state index is 0.167. The van der Waals surface area contributed by atoms with E-state index in [2.05, 4.69) is 23.7 Å². The number of nitrogens with zero attached hydrogens (tertiary/aromatic N) is 4. The molecule has 0 saturated heterocycles. The maximum Gasteiger partial charge on any atom is 0.245 e. The van der Waals surface area contributed by atoms with Crippen LogP contribution >= 0.6 is 0 Å². The van der Waals surface area contributed by atoms with Gasteiger partial charge in [-0.05, 0) is 20.8 Å². The first-order valence-corrected chi connectivity index (χ1v) is 6.98. The van der Waals surface area contributed by atoms with Crippen molar-refractivity contribution in [1.82, 2.24) is 19.4 Å². The first kappa shape index (κ1) is 14.1. The van der Waals surface area contributed by atoms with Gasteiger partial charge < -0.3 is 9.47 Å². The van der Waals surface area contributed by atoms with Crippen LogP contribution in [0.15, 0.2) is 6.33 Å². The van der Waals surface area contributed by atoms with Crippen molar-refractivity contribution in [1.29, 1.82) is 0 Å². The molecular formula is C14H24N4O. The Labute approximate surface area is 115 Å². The van der Waals surface area contributed by atoms with Gasteiger partial charge in [-0.25, -0.2) is 4.98 Å². The Morgan fingerprint density at radius 1 is 1.58 bits per heavy atom. The van der Waals surface area contributed by atoms with E-state index in [9.17, 15) is 4.79 Å². The number of hydrogen-bond donors (Lipinski definition) is 0. The number of hydrogen-bond acceptors (Lipinski definition) is 3. The maximum absolute atomic E-state index is 12.7. The van der Waals surface area contributed by atoms with Gasteiger partial charge in [0.15, 0.2) is 0 Å². The average molecular weight is 264 g/mol. The number of carbonyl (C=O) groups excluding carboxylic acids is 1. The zero-order valence-electron chi connectivity index (χ0n) is 12.6. The second kappa shape index (κ2) is 5.33. The molecule has 0 saturated carbocycles. The number of fused-ring (bicyclic) bond motifs is 1.